The van der Waals surface area contributed by atoms with Crippen molar-refractivity contribution in [3.63, 3.8) is 0 Å². The summed E-state index contributed by atoms with van der Waals surface area (Å²) in [5, 5.41) is 16.7. The maximum absolute atomic E-state index is 13.9. The standard InChI is InChI=1S/C13H7BrFN3O2/c14-8-2-1-3-9(15)12(8)18-11-5-4-7(13(19)20)6-10(11)16-17-18/h1-6H,(H,19,20). The van der Waals surface area contributed by atoms with E-state index in [2.05, 4.69) is 26.2 Å². The van der Waals surface area contributed by atoms with Crippen LogP contribution >= 0.6 is 15.9 Å². The summed E-state index contributed by atoms with van der Waals surface area (Å²) in [6.45, 7) is 0. The molecular weight excluding hydrogens is 329 g/mol. The van der Waals surface area contributed by atoms with E-state index in [-0.39, 0.29) is 11.3 Å². The van der Waals surface area contributed by atoms with Gasteiger partial charge in [0.2, 0.25) is 0 Å². The summed E-state index contributed by atoms with van der Waals surface area (Å²) in [6.07, 6.45) is 0. The fourth-order valence-electron chi connectivity index (χ4n) is 1.91. The van der Waals surface area contributed by atoms with E-state index < -0.39 is 11.8 Å². The molecule has 0 fully saturated rings. The highest BCUT2D eigenvalue weighted by Crippen LogP contribution is 2.26. The lowest BCUT2D eigenvalue weighted by molar-refractivity contribution is 0.0697. The Morgan fingerprint density at radius 1 is 1.30 bits per heavy atom. The molecule has 0 aliphatic rings. The van der Waals surface area contributed by atoms with Gasteiger partial charge in [0, 0.05) is 4.47 Å². The van der Waals surface area contributed by atoms with Crippen molar-refractivity contribution in [2.75, 3.05) is 0 Å². The topological polar surface area (TPSA) is 68.0 Å². The molecule has 5 nitrogen and oxygen atoms in total. The number of carboxylic acid groups (broad SMARTS) is 1. The van der Waals surface area contributed by atoms with Gasteiger partial charge in [0.1, 0.15) is 17.0 Å². The Morgan fingerprint density at radius 2 is 2.10 bits per heavy atom. The molecule has 3 rings (SSSR count). The molecule has 3 aromatic rings. The number of rotatable bonds is 2. The van der Waals surface area contributed by atoms with Crippen molar-refractivity contribution in [1.82, 2.24) is 15.0 Å². The van der Waals surface area contributed by atoms with Crippen LogP contribution in [0.1, 0.15) is 10.4 Å². The molecule has 0 aliphatic carbocycles. The van der Waals surface area contributed by atoms with E-state index in [0.717, 1.165) is 0 Å². The van der Waals surface area contributed by atoms with Crippen molar-refractivity contribution in [2.45, 2.75) is 0 Å². The smallest absolute Gasteiger partial charge is 0.335 e. The van der Waals surface area contributed by atoms with Crippen molar-refractivity contribution in [3.05, 3.63) is 52.3 Å². The molecule has 0 aliphatic heterocycles. The Balaban J connectivity index is 2.26. The third-order valence-electron chi connectivity index (χ3n) is 2.84. The Hall–Kier alpha value is -2.28. The zero-order chi connectivity index (χ0) is 14.3. The number of para-hydroxylation sites is 1. The molecular formula is C13H7BrFN3O2. The largest absolute Gasteiger partial charge is 0.478 e. The molecule has 0 atom stereocenters. The van der Waals surface area contributed by atoms with Crippen LogP contribution in [-0.2, 0) is 0 Å². The van der Waals surface area contributed by atoms with Gasteiger partial charge in [-0.2, -0.15) is 0 Å². The fraction of sp³-hybridized carbons (Fsp3) is 0. The lowest BCUT2D eigenvalue weighted by Gasteiger charge is -2.06. The van der Waals surface area contributed by atoms with Crippen LogP contribution in [0.3, 0.4) is 0 Å². The molecule has 1 N–H and O–H groups in total. The first-order chi connectivity index (χ1) is 9.58. The number of benzene rings is 2. The molecule has 0 amide bonds. The first-order valence-corrected chi connectivity index (χ1v) is 6.40. The summed E-state index contributed by atoms with van der Waals surface area (Å²) < 4.78 is 15.8. The average molecular weight is 336 g/mol. The van der Waals surface area contributed by atoms with Crippen LogP contribution in [-0.4, -0.2) is 26.1 Å². The second-order valence-electron chi connectivity index (χ2n) is 4.08. The Morgan fingerprint density at radius 3 is 2.80 bits per heavy atom. The van der Waals surface area contributed by atoms with Gasteiger partial charge in [0.15, 0.2) is 0 Å². The van der Waals surface area contributed by atoms with Gasteiger partial charge in [-0.15, -0.1) is 5.10 Å². The van der Waals surface area contributed by atoms with Crippen LogP contribution < -0.4 is 0 Å². The van der Waals surface area contributed by atoms with Gasteiger partial charge in [0.05, 0.1) is 11.1 Å². The van der Waals surface area contributed by atoms with Crippen molar-refractivity contribution < 1.29 is 14.3 Å². The maximum Gasteiger partial charge on any atom is 0.335 e. The zero-order valence-corrected chi connectivity index (χ0v) is 11.5. The van der Waals surface area contributed by atoms with E-state index in [9.17, 15) is 9.18 Å². The van der Waals surface area contributed by atoms with Crippen molar-refractivity contribution >= 4 is 32.9 Å². The molecule has 7 heteroatoms. The van der Waals surface area contributed by atoms with Gasteiger partial charge in [-0.05, 0) is 46.3 Å². The van der Waals surface area contributed by atoms with Gasteiger partial charge in [-0.1, -0.05) is 11.3 Å². The second-order valence-corrected chi connectivity index (χ2v) is 4.93. The molecule has 2 aromatic carbocycles. The minimum Gasteiger partial charge on any atom is -0.478 e. The summed E-state index contributed by atoms with van der Waals surface area (Å²) >= 11 is 3.27. The van der Waals surface area contributed by atoms with Crippen LogP contribution in [0.5, 0.6) is 0 Å². The van der Waals surface area contributed by atoms with E-state index in [1.807, 2.05) is 0 Å². The number of hydrogen-bond donors (Lipinski definition) is 1. The minimum atomic E-state index is -1.05. The van der Waals surface area contributed by atoms with E-state index in [1.165, 1.54) is 22.9 Å². The summed E-state index contributed by atoms with van der Waals surface area (Å²) in [7, 11) is 0. The molecule has 0 saturated carbocycles. The van der Waals surface area contributed by atoms with Crippen molar-refractivity contribution in [2.24, 2.45) is 0 Å². The number of nitrogens with zero attached hydrogens (tertiary/aromatic N) is 3. The van der Waals surface area contributed by atoms with Gasteiger partial charge in [-0.25, -0.2) is 13.9 Å². The van der Waals surface area contributed by atoms with E-state index >= 15 is 0 Å². The maximum atomic E-state index is 13.9. The van der Waals surface area contributed by atoms with Crippen LogP contribution in [0.25, 0.3) is 16.7 Å². The third-order valence-corrected chi connectivity index (χ3v) is 3.48. The van der Waals surface area contributed by atoms with Crippen LogP contribution in [0.15, 0.2) is 40.9 Å². The highest BCUT2D eigenvalue weighted by atomic mass is 79.9. The SMILES string of the molecule is O=C(O)c1ccc2c(c1)nnn2-c1c(F)cccc1Br. The molecule has 100 valence electrons. The number of halogens is 2. The second kappa shape index (κ2) is 4.68. The predicted molar refractivity (Wildman–Crippen MR) is 73.5 cm³/mol. The quantitative estimate of drug-likeness (QED) is 0.781. The fourth-order valence-corrected chi connectivity index (χ4v) is 2.42. The number of hydrogen-bond acceptors (Lipinski definition) is 3. The van der Waals surface area contributed by atoms with E-state index in [1.54, 1.807) is 18.2 Å². The van der Waals surface area contributed by atoms with Crippen molar-refractivity contribution in [1.29, 1.82) is 0 Å². The van der Waals surface area contributed by atoms with Crippen LogP contribution in [0.4, 0.5) is 4.39 Å². The number of fused-ring (bicyclic) bond motifs is 1. The summed E-state index contributed by atoms with van der Waals surface area (Å²) in [4.78, 5) is 10.9. The summed E-state index contributed by atoms with van der Waals surface area (Å²) in [5.41, 5.74) is 1.26. The van der Waals surface area contributed by atoms with Crippen molar-refractivity contribution in [3.8, 4) is 5.69 Å². The molecule has 0 saturated heterocycles. The van der Waals surface area contributed by atoms with Crippen LogP contribution in [0, 0.1) is 5.82 Å². The first kappa shape index (κ1) is 12.7. The molecule has 1 aromatic heterocycles. The third kappa shape index (κ3) is 1.96. The molecule has 0 radical (unpaired) electrons. The average Bonchev–Trinajstić information content (AvgIpc) is 2.81. The summed E-state index contributed by atoms with van der Waals surface area (Å²) in [6, 6.07) is 8.97. The van der Waals surface area contributed by atoms with Gasteiger partial charge in [-0.3, -0.25) is 0 Å². The molecule has 0 unspecified atom stereocenters. The Labute approximate surface area is 120 Å². The Bertz CT molecular complexity index is 811. The van der Waals surface area contributed by atoms with E-state index in [4.69, 9.17) is 5.11 Å². The molecule has 20 heavy (non-hydrogen) atoms. The van der Waals surface area contributed by atoms with Gasteiger partial charge < -0.3 is 5.11 Å². The minimum absolute atomic E-state index is 0.108. The van der Waals surface area contributed by atoms with E-state index in [0.29, 0.717) is 15.5 Å². The lowest BCUT2D eigenvalue weighted by atomic mass is 10.2. The normalized spacial score (nSPS) is 10.9. The Kier molecular flexibility index (Phi) is 2.98. The first-order valence-electron chi connectivity index (χ1n) is 5.61. The molecule has 1 heterocycles. The summed E-state index contributed by atoms with van der Waals surface area (Å²) in [5.74, 6) is -1.50. The monoisotopic (exact) mass is 335 g/mol. The number of carbonyl (C=O) groups is 1. The highest BCUT2D eigenvalue weighted by molar-refractivity contribution is 9.10. The number of aromatic carboxylic acids is 1. The molecule has 0 spiro atoms. The van der Waals surface area contributed by atoms with Gasteiger partial charge in [0.25, 0.3) is 0 Å². The zero-order valence-electron chi connectivity index (χ0n) is 9.92. The molecule has 0 bridgehead atoms. The highest BCUT2D eigenvalue weighted by Gasteiger charge is 2.15. The number of aromatic nitrogens is 3. The van der Waals surface area contributed by atoms with Crippen LogP contribution in [0.2, 0.25) is 0 Å². The van der Waals surface area contributed by atoms with Gasteiger partial charge >= 0.3 is 5.97 Å². The number of carboxylic acids is 1. The predicted octanol–water partition coefficient (Wildman–Crippen LogP) is 3.02. The lowest BCUT2D eigenvalue weighted by Crippen LogP contribution is -2.01.